The Morgan fingerprint density at radius 1 is 1.06 bits per heavy atom. The van der Waals surface area contributed by atoms with E-state index in [-0.39, 0.29) is 6.04 Å². The maximum atomic E-state index is 6.70. The molecule has 2 aliphatic rings. The number of nitrogens with zero attached hydrogens (tertiary/aromatic N) is 4. The van der Waals surface area contributed by atoms with Gasteiger partial charge in [0.15, 0.2) is 6.10 Å². The summed E-state index contributed by atoms with van der Waals surface area (Å²) in [5.74, 6) is 2.85. The number of aromatic nitrogens is 4. The van der Waals surface area contributed by atoms with Crippen LogP contribution in [0, 0.1) is 6.92 Å². The number of pyridine rings is 1. The summed E-state index contributed by atoms with van der Waals surface area (Å²) in [4.78, 5) is 8.86. The van der Waals surface area contributed by atoms with Gasteiger partial charge in [0.2, 0.25) is 5.95 Å². The van der Waals surface area contributed by atoms with Crippen molar-refractivity contribution in [1.82, 2.24) is 19.7 Å². The summed E-state index contributed by atoms with van der Waals surface area (Å²) in [5, 5.41) is 8.08. The van der Waals surface area contributed by atoms with Crippen LogP contribution in [-0.2, 0) is 0 Å². The van der Waals surface area contributed by atoms with Crippen LogP contribution in [0.3, 0.4) is 0 Å². The van der Waals surface area contributed by atoms with Crippen molar-refractivity contribution < 1.29 is 14.2 Å². The van der Waals surface area contributed by atoms with E-state index in [9.17, 15) is 0 Å². The first-order valence-electron chi connectivity index (χ1n) is 11.0. The van der Waals surface area contributed by atoms with Gasteiger partial charge in [0, 0.05) is 35.2 Å². The molecule has 8 heteroatoms. The summed E-state index contributed by atoms with van der Waals surface area (Å²) in [7, 11) is 3.29. The van der Waals surface area contributed by atoms with Crippen molar-refractivity contribution in [3.63, 3.8) is 0 Å². The van der Waals surface area contributed by atoms with E-state index in [2.05, 4.69) is 39.4 Å². The fourth-order valence-electron chi connectivity index (χ4n) is 4.74. The van der Waals surface area contributed by atoms with Gasteiger partial charge in [-0.15, -0.1) is 0 Å². The molecule has 0 saturated carbocycles. The van der Waals surface area contributed by atoms with Crippen LogP contribution in [0.5, 0.6) is 17.2 Å². The lowest BCUT2D eigenvalue weighted by atomic mass is 9.84. The van der Waals surface area contributed by atoms with Gasteiger partial charge in [0.1, 0.15) is 29.6 Å². The second kappa shape index (κ2) is 7.91. The van der Waals surface area contributed by atoms with Gasteiger partial charge in [-0.05, 0) is 42.8 Å². The molecule has 0 unspecified atom stereocenters. The zero-order chi connectivity index (χ0) is 23.2. The molecular formula is C26H23N5O3. The van der Waals surface area contributed by atoms with Crippen molar-refractivity contribution in [3.8, 4) is 17.2 Å². The minimum atomic E-state index is -0.443. The topological polar surface area (TPSA) is 83.3 Å². The van der Waals surface area contributed by atoms with E-state index in [0.717, 1.165) is 39.3 Å². The van der Waals surface area contributed by atoms with Crippen molar-refractivity contribution in [2.75, 3.05) is 19.5 Å². The van der Waals surface area contributed by atoms with Crippen LogP contribution in [0.25, 0.3) is 5.70 Å². The van der Waals surface area contributed by atoms with Crippen LogP contribution in [0.2, 0.25) is 0 Å². The molecule has 2 aliphatic heterocycles. The Bertz CT molecular complexity index is 1410. The first-order chi connectivity index (χ1) is 16.7. The van der Waals surface area contributed by atoms with E-state index < -0.39 is 6.10 Å². The monoisotopic (exact) mass is 453 g/mol. The second-order valence-electron chi connectivity index (χ2n) is 8.28. The smallest absolute Gasteiger partial charge is 0.226 e. The van der Waals surface area contributed by atoms with Gasteiger partial charge in [-0.3, -0.25) is 4.98 Å². The summed E-state index contributed by atoms with van der Waals surface area (Å²) in [5.41, 5.74) is 5.97. The van der Waals surface area contributed by atoms with Gasteiger partial charge < -0.3 is 19.5 Å². The maximum Gasteiger partial charge on any atom is 0.226 e. The molecule has 0 bridgehead atoms. The van der Waals surface area contributed by atoms with E-state index in [1.54, 1.807) is 26.7 Å². The standard InChI is InChI=1S/C26H23N5O3/c1-15-6-9-20-19(11-15)23-22(25(34-20)18-8-7-17(32-2)12-21(18)33-3)24(16-5-4-10-27-13-16)31-26(30-23)28-14-29-31/h4-14,24-25H,1-3H3,(H,28,29,30)/t24-,25-/m1/s1. The Kier molecular flexibility index (Phi) is 4.72. The first kappa shape index (κ1) is 20.3. The van der Waals surface area contributed by atoms with Crippen LogP contribution in [0.15, 0.2) is 72.8 Å². The predicted molar refractivity (Wildman–Crippen MR) is 127 cm³/mol. The minimum absolute atomic E-state index is 0.270. The fraction of sp³-hybridized carbons (Fsp3) is 0.192. The molecule has 2 atom stereocenters. The Balaban J connectivity index is 1.64. The van der Waals surface area contributed by atoms with Gasteiger partial charge in [0.05, 0.1) is 19.9 Å². The molecule has 0 radical (unpaired) electrons. The number of methoxy groups -OCH3 is 2. The van der Waals surface area contributed by atoms with Crippen molar-refractivity contribution in [2.45, 2.75) is 19.1 Å². The quantitative estimate of drug-likeness (QED) is 0.485. The Labute approximate surface area is 196 Å². The lowest BCUT2D eigenvalue weighted by Crippen LogP contribution is -2.32. The van der Waals surface area contributed by atoms with E-state index in [1.165, 1.54) is 0 Å². The third kappa shape index (κ3) is 3.10. The first-order valence-corrected chi connectivity index (χ1v) is 11.0. The molecule has 170 valence electrons. The molecule has 6 rings (SSSR count). The molecule has 2 aromatic carbocycles. The second-order valence-corrected chi connectivity index (χ2v) is 8.28. The number of fused-ring (bicyclic) bond motifs is 3. The highest BCUT2D eigenvalue weighted by molar-refractivity contribution is 5.85. The number of rotatable bonds is 4. The number of hydrogen-bond donors (Lipinski definition) is 1. The molecular weight excluding hydrogens is 430 g/mol. The summed E-state index contributed by atoms with van der Waals surface area (Å²) >= 11 is 0. The molecule has 0 amide bonds. The van der Waals surface area contributed by atoms with Crippen molar-refractivity contribution >= 4 is 11.6 Å². The van der Waals surface area contributed by atoms with Crippen molar-refractivity contribution in [2.24, 2.45) is 0 Å². The average Bonchev–Trinajstić information content (AvgIpc) is 3.35. The van der Waals surface area contributed by atoms with Gasteiger partial charge in [0.25, 0.3) is 0 Å². The zero-order valence-electron chi connectivity index (χ0n) is 19.0. The van der Waals surface area contributed by atoms with Crippen LogP contribution in [0.4, 0.5) is 5.95 Å². The van der Waals surface area contributed by atoms with E-state index >= 15 is 0 Å². The van der Waals surface area contributed by atoms with Gasteiger partial charge in [-0.25, -0.2) is 4.68 Å². The number of anilines is 1. The van der Waals surface area contributed by atoms with Crippen molar-refractivity contribution in [3.05, 3.63) is 95.1 Å². The minimum Gasteiger partial charge on any atom is -0.497 e. The molecule has 34 heavy (non-hydrogen) atoms. The maximum absolute atomic E-state index is 6.70. The fourth-order valence-corrected chi connectivity index (χ4v) is 4.74. The SMILES string of the molecule is COc1ccc([C@H]2Oc3ccc(C)cc3C3=C2[C@@H](c2cccnc2)n2ncnc2N3)c(OC)c1. The number of aryl methyl sites for hydroxylation is 1. The van der Waals surface area contributed by atoms with Gasteiger partial charge >= 0.3 is 0 Å². The number of benzene rings is 2. The zero-order valence-corrected chi connectivity index (χ0v) is 19.0. The summed E-state index contributed by atoms with van der Waals surface area (Å²) in [6.45, 7) is 2.07. The third-order valence-electron chi connectivity index (χ3n) is 6.29. The third-order valence-corrected chi connectivity index (χ3v) is 6.29. The molecule has 4 aromatic rings. The molecule has 8 nitrogen and oxygen atoms in total. The van der Waals surface area contributed by atoms with E-state index in [1.807, 2.05) is 47.3 Å². The number of nitrogens with one attached hydrogen (secondary N) is 1. The van der Waals surface area contributed by atoms with E-state index in [4.69, 9.17) is 14.2 Å². The van der Waals surface area contributed by atoms with Crippen LogP contribution >= 0.6 is 0 Å². The van der Waals surface area contributed by atoms with E-state index in [0.29, 0.717) is 17.4 Å². The molecule has 0 aliphatic carbocycles. The molecule has 2 aromatic heterocycles. The Morgan fingerprint density at radius 3 is 2.76 bits per heavy atom. The highest BCUT2D eigenvalue weighted by Crippen LogP contribution is 2.52. The normalized spacial score (nSPS) is 18.2. The average molecular weight is 454 g/mol. The van der Waals surface area contributed by atoms with Crippen LogP contribution < -0.4 is 19.5 Å². The largest absolute Gasteiger partial charge is 0.497 e. The highest BCUT2D eigenvalue weighted by atomic mass is 16.5. The summed E-state index contributed by atoms with van der Waals surface area (Å²) < 4.78 is 19.8. The lowest BCUT2D eigenvalue weighted by molar-refractivity contribution is 0.217. The molecule has 0 fully saturated rings. The van der Waals surface area contributed by atoms with Crippen LogP contribution in [-0.4, -0.2) is 34.0 Å². The molecule has 0 spiro atoms. The molecule has 4 heterocycles. The Morgan fingerprint density at radius 2 is 1.97 bits per heavy atom. The predicted octanol–water partition coefficient (Wildman–Crippen LogP) is 4.56. The van der Waals surface area contributed by atoms with Crippen LogP contribution in [0.1, 0.15) is 34.4 Å². The number of ether oxygens (including phenoxy) is 3. The lowest BCUT2D eigenvalue weighted by Gasteiger charge is -2.39. The van der Waals surface area contributed by atoms with Gasteiger partial charge in [-0.1, -0.05) is 17.7 Å². The Hall–Kier alpha value is -4.33. The summed E-state index contributed by atoms with van der Waals surface area (Å²) in [6.07, 6.45) is 4.74. The highest BCUT2D eigenvalue weighted by Gasteiger charge is 2.42. The number of hydrogen-bond acceptors (Lipinski definition) is 7. The van der Waals surface area contributed by atoms with Gasteiger partial charge in [-0.2, -0.15) is 10.1 Å². The molecule has 1 N–H and O–H groups in total. The van der Waals surface area contributed by atoms with Crippen molar-refractivity contribution in [1.29, 1.82) is 0 Å². The summed E-state index contributed by atoms with van der Waals surface area (Å²) in [6, 6.07) is 15.7. The molecule has 0 saturated heterocycles.